The molecule has 0 fully saturated rings. The fraction of sp³-hybridized carbons (Fsp3) is 0.400. The summed E-state index contributed by atoms with van der Waals surface area (Å²) in [4.78, 5) is 0. The van der Waals surface area contributed by atoms with Crippen LogP contribution in [-0.2, 0) is 6.54 Å². The standard InChI is InChI=1S/C10H9BrF5N/c11-8-6(2-1-3-7(8)12)4-17-5-10(15,16)9(13)14/h1-3,9,17H,4-5H2. The quantitative estimate of drug-likeness (QED) is 0.819. The van der Waals surface area contributed by atoms with Crippen LogP contribution in [0, 0.1) is 5.82 Å². The fourth-order valence-corrected chi connectivity index (χ4v) is 1.53. The highest BCUT2D eigenvalue weighted by Gasteiger charge is 2.39. The lowest BCUT2D eigenvalue weighted by atomic mass is 10.2. The number of hydrogen-bond donors (Lipinski definition) is 1. The van der Waals surface area contributed by atoms with Gasteiger partial charge in [0.25, 0.3) is 0 Å². The Morgan fingerprint density at radius 2 is 1.94 bits per heavy atom. The number of hydrogen-bond acceptors (Lipinski definition) is 1. The third-order valence-electron chi connectivity index (χ3n) is 2.03. The molecule has 1 N–H and O–H groups in total. The van der Waals surface area contributed by atoms with Crippen LogP contribution in [0.2, 0.25) is 0 Å². The van der Waals surface area contributed by atoms with Crippen molar-refractivity contribution < 1.29 is 22.0 Å². The van der Waals surface area contributed by atoms with Gasteiger partial charge in [-0.25, -0.2) is 13.2 Å². The summed E-state index contributed by atoms with van der Waals surface area (Å²) >= 11 is 2.94. The highest BCUT2D eigenvalue weighted by molar-refractivity contribution is 9.10. The van der Waals surface area contributed by atoms with E-state index in [1.54, 1.807) is 0 Å². The number of benzene rings is 1. The summed E-state index contributed by atoms with van der Waals surface area (Å²) in [6, 6.07) is 4.10. The predicted octanol–water partition coefficient (Wildman–Crippen LogP) is 3.58. The average Bonchev–Trinajstić information content (AvgIpc) is 2.24. The van der Waals surface area contributed by atoms with Crippen molar-refractivity contribution in [2.75, 3.05) is 6.54 Å². The van der Waals surface area contributed by atoms with Gasteiger partial charge in [0.2, 0.25) is 0 Å². The maximum atomic E-state index is 13.0. The van der Waals surface area contributed by atoms with E-state index in [2.05, 4.69) is 21.2 Å². The van der Waals surface area contributed by atoms with Gasteiger partial charge in [-0.05, 0) is 27.6 Å². The molecule has 1 nitrogen and oxygen atoms in total. The Bertz CT molecular complexity index is 383. The van der Waals surface area contributed by atoms with Gasteiger partial charge in [-0.3, -0.25) is 0 Å². The van der Waals surface area contributed by atoms with Crippen LogP contribution in [0.4, 0.5) is 22.0 Å². The summed E-state index contributed by atoms with van der Waals surface area (Å²) in [5.41, 5.74) is 0.384. The second-order valence-corrected chi connectivity index (χ2v) is 4.17. The van der Waals surface area contributed by atoms with Crippen LogP contribution in [0.3, 0.4) is 0 Å². The molecule has 96 valence electrons. The monoisotopic (exact) mass is 317 g/mol. The molecular formula is C10H9BrF5N. The summed E-state index contributed by atoms with van der Waals surface area (Å²) in [7, 11) is 0. The number of alkyl halides is 4. The van der Waals surface area contributed by atoms with E-state index in [1.165, 1.54) is 18.2 Å². The summed E-state index contributed by atoms with van der Waals surface area (Å²) < 4.78 is 61.9. The van der Waals surface area contributed by atoms with Crippen molar-refractivity contribution in [3.63, 3.8) is 0 Å². The molecule has 0 aromatic heterocycles. The van der Waals surface area contributed by atoms with Gasteiger partial charge in [-0.2, -0.15) is 8.78 Å². The first-order chi connectivity index (χ1) is 7.84. The molecule has 0 saturated heterocycles. The van der Waals surface area contributed by atoms with Gasteiger partial charge in [0.15, 0.2) is 0 Å². The van der Waals surface area contributed by atoms with Crippen LogP contribution in [0.5, 0.6) is 0 Å². The highest BCUT2D eigenvalue weighted by atomic mass is 79.9. The Kier molecular flexibility index (Phi) is 4.88. The molecule has 0 aliphatic heterocycles. The molecule has 7 heteroatoms. The largest absolute Gasteiger partial charge is 0.319 e. The third-order valence-corrected chi connectivity index (χ3v) is 2.92. The molecule has 0 amide bonds. The van der Waals surface area contributed by atoms with E-state index < -0.39 is 24.7 Å². The molecule has 0 bridgehead atoms. The molecule has 1 aromatic carbocycles. The summed E-state index contributed by atoms with van der Waals surface area (Å²) in [5.74, 6) is -4.62. The van der Waals surface area contributed by atoms with Crippen molar-refractivity contribution in [1.29, 1.82) is 0 Å². The van der Waals surface area contributed by atoms with E-state index >= 15 is 0 Å². The fourth-order valence-electron chi connectivity index (χ4n) is 1.13. The Hall–Kier alpha value is -0.690. The van der Waals surface area contributed by atoms with Crippen molar-refractivity contribution in [3.05, 3.63) is 34.1 Å². The van der Waals surface area contributed by atoms with Crippen LogP contribution in [0.25, 0.3) is 0 Å². The third kappa shape index (κ3) is 3.92. The van der Waals surface area contributed by atoms with Crippen LogP contribution in [-0.4, -0.2) is 18.9 Å². The van der Waals surface area contributed by atoms with E-state index in [0.29, 0.717) is 5.56 Å². The van der Waals surface area contributed by atoms with Crippen molar-refractivity contribution in [2.24, 2.45) is 0 Å². The molecular weight excluding hydrogens is 309 g/mol. The molecule has 1 aromatic rings. The van der Waals surface area contributed by atoms with Crippen molar-refractivity contribution in [3.8, 4) is 0 Å². The Morgan fingerprint density at radius 3 is 2.53 bits per heavy atom. The van der Waals surface area contributed by atoms with Crippen LogP contribution < -0.4 is 5.32 Å². The minimum absolute atomic E-state index is 0.124. The minimum atomic E-state index is -4.08. The Balaban J connectivity index is 2.55. The zero-order chi connectivity index (χ0) is 13.1. The summed E-state index contributed by atoms with van der Waals surface area (Å²) in [5, 5.41) is 2.16. The lowest BCUT2D eigenvalue weighted by molar-refractivity contribution is -0.125. The Labute approximate surface area is 103 Å². The van der Waals surface area contributed by atoms with Crippen molar-refractivity contribution in [2.45, 2.75) is 18.9 Å². The van der Waals surface area contributed by atoms with Gasteiger partial charge < -0.3 is 5.32 Å². The second kappa shape index (κ2) is 5.77. The smallest absolute Gasteiger partial charge is 0.307 e. The van der Waals surface area contributed by atoms with E-state index in [-0.39, 0.29) is 11.0 Å². The second-order valence-electron chi connectivity index (χ2n) is 3.38. The first kappa shape index (κ1) is 14.4. The maximum Gasteiger partial charge on any atom is 0.319 e. The Morgan fingerprint density at radius 1 is 1.29 bits per heavy atom. The van der Waals surface area contributed by atoms with Crippen LogP contribution in [0.15, 0.2) is 22.7 Å². The van der Waals surface area contributed by atoms with E-state index in [1.807, 2.05) is 0 Å². The molecule has 0 saturated carbocycles. The zero-order valence-corrected chi connectivity index (χ0v) is 10.1. The molecule has 1 rings (SSSR count). The lowest BCUT2D eigenvalue weighted by Gasteiger charge is -2.16. The van der Waals surface area contributed by atoms with Crippen molar-refractivity contribution >= 4 is 15.9 Å². The minimum Gasteiger partial charge on any atom is -0.307 e. The normalized spacial score (nSPS) is 12.2. The first-order valence-corrected chi connectivity index (χ1v) is 5.43. The van der Waals surface area contributed by atoms with Gasteiger partial charge >= 0.3 is 12.3 Å². The molecule has 17 heavy (non-hydrogen) atoms. The van der Waals surface area contributed by atoms with Gasteiger partial charge in [0.05, 0.1) is 11.0 Å². The van der Waals surface area contributed by atoms with E-state index in [4.69, 9.17) is 0 Å². The topological polar surface area (TPSA) is 12.0 Å². The highest BCUT2D eigenvalue weighted by Crippen LogP contribution is 2.23. The maximum absolute atomic E-state index is 13.0. The number of halogens is 6. The van der Waals surface area contributed by atoms with Gasteiger partial charge in [0.1, 0.15) is 5.82 Å². The van der Waals surface area contributed by atoms with Crippen molar-refractivity contribution in [1.82, 2.24) is 5.32 Å². The molecule has 0 heterocycles. The van der Waals surface area contributed by atoms with Crippen LogP contribution in [0.1, 0.15) is 5.56 Å². The average molecular weight is 318 g/mol. The lowest BCUT2D eigenvalue weighted by Crippen LogP contribution is -2.38. The van der Waals surface area contributed by atoms with Gasteiger partial charge in [-0.1, -0.05) is 12.1 Å². The number of rotatable bonds is 5. The predicted molar refractivity (Wildman–Crippen MR) is 56.8 cm³/mol. The van der Waals surface area contributed by atoms with E-state index in [0.717, 1.165) is 0 Å². The summed E-state index contributed by atoms with van der Waals surface area (Å²) in [6.07, 6.45) is -3.72. The van der Waals surface area contributed by atoms with Gasteiger partial charge in [0, 0.05) is 6.54 Å². The molecule has 0 radical (unpaired) electrons. The molecule has 0 aliphatic rings. The van der Waals surface area contributed by atoms with Gasteiger partial charge in [-0.15, -0.1) is 0 Å². The van der Waals surface area contributed by atoms with Crippen LogP contribution >= 0.6 is 15.9 Å². The first-order valence-electron chi connectivity index (χ1n) is 4.64. The molecule has 0 spiro atoms. The summed E-state index contributed by atoms with van der Waals surface area (Å²) in [6.45, 7) is -1.28. The number of nitrogens with one attached hydrogen (secondary N) is 1. The SMILES string of the molecule is Fc1cccc(CNCC(F)(F)C(F)F)c1Br. The van der Waals surface area contributed by atoms with E-state index in [9.17, 15) is 22.0 Å². The molecule has 0 unspecified atom stereocenters. The molecule has 0 aliphatic carbocycles. The zero-order valence-electron chi connectivity index (χ0n) is 8.49. The molecule has 0 atom stereocenters.